The molecule has 28 heavy (non-hydrogen) atoms. The lowest BCUT2D eigenvalue weighted by atomic mass is 9.94. The van der Waals surface area contributed by atoms with Crippen molar-refractivity contribution in [3.8, 4) is 0 Å². The highest BCUT2D eigenvalue weighted by Gasteiger charge is 2.28. The largest absolute Gasteiger partial charge is 0.382 e. The fourth-order valence-electron chi connectivity index (χ4n) is 3.62. The minimum absolute atomic E-state index is 0.448. The summed E-state index contributed by atoms with van der Waals surface area (Å²) < 4.78 is 0. The third-order valence-corrected chi connectivity index (χ3v) is 4.98. The molecule has 0 aromatic heterocycles. The summed E-state index contributed by atoms with van der Waals surface area (Å²) in [5.41, 5.74) is 2.55. The van der Waals surface area contributed by atoms with Crippen molar-refractivity contribution in [3.05, 3.63) is 133 Å². The lowest BCUT2D eigenvalue weighted by Crippen LogP contribution is -2.30. The average molecular weight is 368 g/mol. The van der Waals surface area contributed by atoms with Crippen LogP contribution < -0.4 is 5.32 Å². The number of hydrogen-bond acceptors (Lipinski definition) is 1. The predicted molar refractivity (Wildman–Crippen MR) is 121 cm³/mol. The number of hydrogen-bond donors (Lipinski definition) is 1. The van der Waals surface area contributed by atoms with Gasteiger partial charge in [-0.05, 0) is 30.6 Å². The van der Waals surface area contributed by atoms with Crippen molar-refractivity contribution in [3.63, 3.8) is 0 Å². The van der Waals surface area contributed by atoms with Crippen LogP contribution in [0.15, 0.2) is 127 Å². The van der Waals surface area contributed by atoms with E-state index in [1.807, 2.05) is 30.4 Å². The molecule has 2 atom stereocenters. The van der Waals surface area contributed by atoms with Gasteiger partial charge in [0.1, 0.15) is 0 Å². The van der Waals surface area contributed by atoms with Crippen LogP contribution in [0.5, 0.6) is 0 Å². The van der Waals surface area contributed by atoms with Gasteiger partial charge in [-0.3, -0.25) is 0 Å². The summed E-state index contributed by atoms with van der Waals surface area (Å²) in [6.45, 7) is 0. The van der Waals surface area contributed by atoms with Crippen LogP contribution in [-0.2, 0) is 0 Å². The molecule has 0 bridgehead atoms. The minimum Gasteiger partial charge on any atom is -0.382 e. The molecule has 1 saturated carbocycles. The van der Waals surface area contributed by atoms with Crippen LogP contribution in [-0.4, -0.2) is 6.04 Å². The summed E-state index contributed by atoms with van der Waals surface area (Å²) in [7, 11) is 0. The van der Waals surface area contributed by atoms with Gasteiger partial charge >= 0.3 is 0 Å². The molecule has 2 unspecified atom stereocenters. The van der Waals surface area contributed by atoms with E-state index in [4.69, 9.17) is 0 Å². The lowest BCUT2D eigenvalue weighted by Gasteiger charge is -2.23. The Kier molecular flexibility index (Phi) is 8.17. The first-order valence-electron chi connectivity index (χ1n) is 10.1. The molecule has 0 heterocycles. The van der Waals surface area contributed by atoms with E-state index >= 15 is 0 Å². The first kappa shape index (κ1) is 19.7. The summed E-state index contributed by atoms with van der Waals surface area (Å²) >= 11 is 0. The second-order valence-electron chi connectivity index (χ2n) is 6.99. The van der Waals surface area contributed by atoms with Crippen molar-refractivity contribution in [2.24, 2.45) is 0 Å². The van der Waals surface area contributed by atoms with Gasteiger partial charge in [-0.25, -0.2) is 0 Å². The summed E-state index contributed by atoms with van der Waals surface area (Å²) in [6, 6.07) is 19.6. The van der Waals surface area contributed by atoms with E-state index in [2.05, 4.69) is 96.4 Å². The highest BCUT2D eigenvalue weighted by molar-refractivity contribution is 5.30. The zero-order valence-corrected chi connectivity index (χ0v) is 16.3. The second kappa shape index (κ2) is 11.6. The molecular weight excluding hydrogens is 338 g/mol. The Bertz CT molecular complexity index is 825. The number of nitrogens with one attached hydrogen (secondary N) is 1. The van der Waals surface area contributed by atoms with Crippen molar-refractivity contribution < 1.29 is 0 Å². The SMILES string of the molecule is C1=C\C=C/C=C(NC2CCCC2c2ccccccccc2)\C=C/C=C/C=C1. The number of rotatable bonds is 3. The number of allylic oxidation sites excluding steroid dienone is 11. The van der Waals surface area contributed by atoms with Gasteiger partial charge in [0.15, 0.2) is 0 Å². The summed E-state index contributed by atoms with van der Waals surface area (Å²) in [4.78, 5) is 0. The molecule has 3 rings (SSSR count). The monoisotopic (exact) mass is 367 g/mol. The average Bonchev–Trinajstić information content (AvgIpc) is 3.16. The van der Waals surface area contributed by atoms with Gasteiger partial charge in [-0.2, -0.15) is 0 Å². The third kappa shape index (κ3) is 6.59. The third-order valence-electron chi connectivity index (χ3n) is 4.98. The maximum atomic E-state index is 3.80. The van der Waals surface area contributed by atoms with Crippen LogP contribution in [0.3, 0.4) is 0 Å². The Morgan fingerprint density at radius 2 is 1.18 bits per heavy atom. The van der Waals surface area contributed by atoms with Gasteiger partial charge in [0, 0.05) is 17.7 Å². The van der Waals surface area contributed by atoms with Gasteiger partial charge in [-0.15, -0.1) is 0 Å². The second-order valence-corrected chi connectivity index (χ2v) is 6.99. The molecule has 1 N–H and O–H groups in total. The van der Waals surface area contributed by atoms with E-state index < -0.39 is 0 Å². The van der Waals surface area contributed by atoms with Crippen LogP contribution in [0.2, 0.25) is 0 Å². The smallest absolute Gasteiger partial charge is 0.0342 e. The molecule has 0 aliphatic heterocycles. The van der Waals surface area contributed by atoms with Crippen LogP contribution in [0.4, 0.5) is 0 Å². The van der Waals surface area contributed by atoms with Gasteiger partial charge in [0.2, 0.25) is 0 Å². The predicted octanol–water partition coefficient (Wildman–Crippen LogP) is 6.72. The normalized spacial score (nSPS) is 26.6. The topological polar surface area (TPSA) is 12.0 Å². The van der Waals surface area contributed by atoms with Crippen molar-refractivity contribution in [1.82, 2.24) is 5.32 Å². The van der Waals surface area contributed by atoms with Gasteiger partial charge in [0.05, 0.1) is 0 Å². The molecule has 1 heteroatoms. The molecule has 1 aromatic rings. The van der Waals surface area contributed by atoms with E-state index in [1.54, 1.807) is 0 Å². The van der Waals surface area contributed by atoms with Gasteiger partial charge in [0.25, 0.3) is 0 Å². The minimum atomic E-state index is 0.448. The fourth-order valence-corrected chi connectivity index (χ4v) is 3.62. The Balaban J connectivity index is 1.80. The van der Waals surface area contributed by atoms with E-state index in [9.17, 15) is 0 Å². The van der Waals surface area contributed by atoms with Gasteiger partial charge < -0.3 is 5.32 Å². The Hall–Kier alpha value is -3.06. The zero-order valence-electron chi connectivity index (χ0n) is 16.3. The molecule has 2 aliphatic rings. The molecule has 0 saturated heterocycles. The zero-order chi connectivity index (χ0) is 19.3. The summed E-state index contributed by atoms with van der Waals surface area (Å²) in [5.74, 6) is 0.524. The Labute approximate surface area is 169 Å². The standard InChI is InChI=1S/C27H29N/c1-2-7-11-15-20-25(21-16-12-8-3-1)28-27-23-17-22-26(27)24-18-13-9-5-4-6-10-14-19-24/h1-16,18-21,26-28H,17,22-23H2/b2-1?,3-1?,5-4?,6-4?,7-2?,8-3?,9-5?,10-6?,11-7+,12-8?,13-9?,14-10?,15-11?,16-12-,18-13?,19-14?,20-15-,21-16?,24-18?,24-19?,25-20?,25-21+. The fraction of sp³-hybridized carbons (Fsp3) is 0.185. The lowest BCUT2D eigenvalue weighted by molar-refractivity contribution is 0.531. The highest BCUT2D eigenvalue weighted by Crippen LogP contribution is 2.34. The molecule has 0 spiro atoms. The van der Waals surface area contributed by atoms with Crippen molar-refractivity contribution in [2.45, 2.75) is 31.2 Å². The first-order valence-corrected chi connectivity index (χ1v) is 10.1. The molecule has 1 nitrogen and oxygen atoms in total. The van der Waals surface area contributed by atoms with Crippen LogP contribution in [0, 0.1) is 0 Å². The quantitative estimate of drug-likeness (QED) is 0.625. The maximum Gasteiger partial charge on any atom is 0.0342 e. The molecule has 142 valence electrons. The van der Waals surface area contributed by atoms with E-state index in [0.29, 0.717) is 12.0 Å². The van der Waals surface area contributed by atoms with Crippen molar-refractivity contribution in [2.75, 3.05) is 0 Å². The Morgan fingerprint density at radius 3 is 1.86 bits per heavy atom. The summed E-state index contributed by atoms with van der Waals surface area (Å²) in [5, 5.41) is 3.80. The highest BCUT2D eigenvalue weighted by atomic mass is 14.9. The van der Waals surface area contributed by atoms with Crippen LogP contribution >= 0.6 is 0 Å². The molecule has 2 aliphatic carbocycles. The molecule has 1 fully saturated rings. The van der Waals surface area contributed by atoms with Crippen LogP contribution in [0.1, 0.15) is 30.7 Å². The van der Waals surface area contributed by atoms with E-state index in [1.165, 1.54) is 24.8 Å². The van der Waals surface area contributed by atoms with Crippen molar-refractivity contribution >= 4 is 0 Å². The Morgan fingerprint density at radius 1 is 0.607 bits per heavy atom. The summed E-state index contributed by atoms with van der Waals surface area (Å²) in [6.07, 6.45) is 26.5. The first-order chi connectivity index (χ1) is 13.9. The van der Waals surface area contributed by atoms with E-state index in [-0.39, 0.29) is 0 Å². The maximum absolute atomic E-state index is 3.80. The molecule has 1 aromatic carbocycles. The van der Waals surface area contributed by atoms with E-state index in [0.717, 1.165) is 5.70 Å². The molecule has 0 radical (unpaired) electrons. The van der Waals surface area contributed by atoms with Crippen molar-refractivity contribution in [1.29, 1.82) is 0 Å². The molecule has 0 amide bonds. The molecular formula is C27H29N. The van der Waals surface area contributed by atoms with Gasteiger partial charge in [-0.1, -0.05) is 116 Å². The van der Waals surface area contributed by atoms with Crippen LogP contribution in [0.25, 0.3) is 0 Å².